The molecule has 2 saturated heterocycles. The molecule has 2 rings (SSSR count). The predicted octanol–water partition coefficient (Wildman–Crippen LogP) is -0.254. The number of nitrogens with one attached hydrogen (secondary N) is 1. The van der Waals surface area contributed by atoms with Crippen LogP contribution >= 0.6 is 0 Å². The van der Waals surface area contributed by atoms with Crippen molar-refractivity contribution in [3.8, 4) is 0 Å². The van der Waals surface area contributed by atoms with E-state index in [1.807, 2.05) is 0 Å². The van der Waals surface area contributed by atoms with Crippen molar-refractivity contribution in [2.45, 2.75) is 19.0 Å². The van der Waals surface area contributed by atoms with E-state index in [0.29, 0.717) is 24.4 Å². The molecule has 1 unspecified atom stereocenters. The van der Waals surface area contributed by atoms with Crippen molar-refractivity contribution in [2.24, 2.45) is 5.92 Å². The van der Waals surface area contributed by atoms with Gasteiger partial charge in [-0.25, -0.2) is 0 Å². The van der Waals surface area contributed by atoms with E-state index in [1.165, 1.54) is 4.90 Å². The highest BCUT2D eigenvalue weighted by atomic mass is 19.4. The molecule has 118 valence electrons. The van der Waals surface area contributed by atoms with Crippen LogP contribution in [0, 0.1) is 5.92 Å². The Bertz CT molecular complexity index is 453. The Labute approximate surface area is 119 Å². The molecular weight excluding hydrogens is 291 g/mol. The van der Waals surface area contributed by atoms with Crippen molar-refractivity contribution in [3.05, 3.63) is 0 Å². The van der Waals surface area contributed by atoms with Crippen molar-refractivity contribution >= 4 is 17.7 Å². The second-order valence-corrected chi connectivity index (χ2v) is 5.25. The minimum atomic E-state index is -4.48. The van der Waals surface area contributed by atoms with Crippen LogP contribution < -0.4 is 5.32 Å². The number of alkyl halides is 3. The minimum absolute atomic E-state index is 0.108. The maximum absolute atomic E-state index is 12.3. The summed E-state index contributed by atoms with van der Waals surface area (Å²) in [4.78, 5) is 37.2. The molecule has 9 heteroatoms. The number of likely N-dealkylation sites (tertiary alicyclic amines) is 1. The average Bonchev–Trinajstić information content (AvgIpc) is 2.59. The van der Waals surface area contributed by atoms with Crippen LogP contribution in [0.1, 0.15) is 12.8 Å². The Kier molecular flexibility index (Phi) is 4.38. The van der Waals surface area contributed by atoms with Gasteiger partial charge in [0.2, 0.25) is 17.7 Å². The number of halogens is 3. The van der Waals surface area contributed by atoms with Crippen molar-refractivity contribution < 1.29 is 27.6 Å². The van der Waals surface area contributed by atoms with Gasteiger partial charge in [-0.05, 0) is 6.42 Å². The van der Waals surface area contributed by atoms with E-state index in [-0.39, 0.29) is 25.4 Å². The topological polar surface area (TPSA) is 69.7 Å². The first-order valence-corrected chi connectivity index (χ1v) is 6.66. The fraction of sp³-hybridized carbons (Fsp3) is 0.750. The second-order valence-electron chi connectivity index (χ2n) is 5.25. The monoisotopic (exact) mass is 307 g/mol. The fourth-order valence-corrected chi connectivity index (χ4v) is 2.56. The second kappa shape index (κ2) is 5.90. The number of carbonyl (C=O) groups is 3. The first-order chi connectivity index (χ1) is 9.76. The zero-order valence-corrected chi connectivity index (χ0v) is 11.3. The highest BCUT2D eigenvalue weighted by Crippen LogP contribution is 2.25. The number of nitrogens with zero attached hydrogens (tertiary/aromatic N) is 2. The molecule has 0 bridgehead atoms. The maximum atomic E-state index is 12.3. The zero-order chi connectivity index (χ0) is 15.6. The summed E-state index contributed by atoms with van der Waals surface area (Å²) in [5, 5.41) is 2.61. The lowest BCUT2D eigenvalue weighted by molar-refractivity contribution is -0.157. The largest absolute Gasteiger partial charge is 0.406 e. The van der Waals surface area contributed by atoms with Gasteiger partial charge in [-0.1, -0.05) is 0 Å². The Balaban J connectivity index is 1.97. The summed E-state index contributed by atoms with van der Waals surface area (Å²) in [7, 11) is 0. The highest BCUT2D eigenvalue weighted by Gasteiger charge is 2.41. The highest BCUT2D eigenvalue weighted by molar-refractivity contribution is 5.91. The molecule has 3 amide bonds. The molecule has 2 aliphatic rings. The van der Waals surface area contributed by atoms with E-state index in [9.17, 15) is 27.6 Å². The van der Waals surface area contributed by atoms with E-state index >= 15 is 0 Å². The molecule has 6 nitrogen and oxygen atoms in total. The van der Waals surface area contributed by atoms with Crippen LogP contribution in [0.15, 0.2) is 0 Å². The summed E-state index contributed by atoms with van der Waals surface area (Å²) in [5.41, 5.74) is 0. The van der Waals surface area contributed by atoms with Gasteiger partial charge in [0.25, 0.3) is 0 Å². The third-order valence-electron chi connectivity index (χ3n) is 3.51. The number of rotatable bonds is 2. The van der Waals surface area contributed by atoms with Gasteiger partial charge < -0.3 is 15.1 Å². The van der Waals surface area contributed by atoms with Gasteiger partial charge in [0.1, 0.15) is 6.54 Å². The Morgan fingerprint density at radius 2 is 2.05 bits per heavy atom. The quantitative estimate of drug-likeness (QED) is 0.764. The van der Waals surface area contributed by atoms with Gasteiger partial charge in [-0.15, -0.1) is 0 Å². The molecule has 0 radical (unpaired) electrons. The van der Waals surface area contributed by atoms with Crippen LogP contribution in [0.5, 0.6) is 0 Å². The Morgan fingerprint density at radius 1 is 1.33 bits per heavy atom. The predicted molar refractivity (Wildman–Crippen MR) is 64.9 cm³/mol. The SMILES string of the molecule is O=C1CN(C(=O)C2CC(=O)N(CC(F)(F)F)C2)CCCN1. The third kappa shape index (κ3) is 4.08. The minimum Gasteiger partial charge on any atom is -0.354 e. The van der Waals surface area contributed by atoms with Crippen LogP contribution in [0.3, 0.4) is 0 Å². The third-order valence-corrected chi connectivity index (χ3v) is 3.51. The molecule has 2 fully saturated rings. The van der Waals surface area contributed by atoms with Gasteiger partial charge in [0, 0.05) is 26.1 Å². The summed E-state index contributed by atoms with van der Waals surface area (Å²) in [6, 6.07) is 0. The van der Waals surface area contributed by atoms with Crippen molar-refractivity contribution in [1.29, 1.82) is 0 Å². The van der Waals surface area contributed by atoms with E-state index in [0.717, 1.165) is 0 Å². The van der Waals surface area contributed by atoms with Crippen LogP contribution in [0.25, 0.3) is 0 Å². The number of hydrogen-bond acceptors (Lipinski definition) is 3. The van der Waals surface area contributed by atoms with Gasteiger partial charge in [0.15, 0.2) is 0 Å². The molecule has 0 aromatic carbocycles. The normalized spacial score (nSPS) is 24.0. The van der Waals surface area contributed by atoms with Gasteiger partial charge >= 0.3 is 6.18 Å². The van der Waals surface area contributed by atoms with Gasteiger partial charge in [-0.2, -0.15) is 13.2 Å². The van der Waals surface area contributed by atoms with E-state index in [2.05, 4.69) is 5.32 Å². The van der Waals surface area contributed by atoms with Crippen LogP contribution in [0.2, 0.25) is 0 Å². The molecule has 21 heavy (non-hydrogen) atoms. The van der Waals surface area contributed by atoms with Crippen LogP contribution in [-0.4, -0.2) is 66.4 Å². The maximum Gasteiger partial charge on any atom is 0.406 e. The van der Waals surface area contributed by atoms with Crippen LogP contribution in [-0.2, 0) is 14.4 Å². The van der Waals surface area contributed by atoms with Crippen molar-refractivity contribution in [3.63, 3.8) is 0 Å². The average molecular weight is 307 g/mol. The van der Waals surface area contributed by atoms with E-state index in [4.69, 9.17) is 0 Å². The molecule has 0 aromatic heterocycles. The number of amides is 3. The molecule has 0 saturated carbocycles. The molecule has 1 atom stereocenters. The Hall–Kier alpha value is -1.80. The molecular formula is C12H16F3N3O3. The standard InChI is InChI=1S/C12H16F3N3O3/c13-12(14,15)7-18-5-8(4-10(18)20)11(21)17-3-1-2-16-9(19)6-17/h8H,1-7H2,(H,16,19). The summed E-state index contributed by atoms with van der Waals surface area (Å²) in [5.74, 6) is -2.20. The van der Waals surface area contributed by atoms with E-state index < -0.39 is 30.5 Å². The van der Waals surface area contributed by atoms with E-state index in [1.54, 1.807) is 0 Å². The lowest BCUT2D eigenvalue weighted by Crippen LogP contribution is -2.42. The molecule has 0 aliphatic carbocycles. The smallest absolute Gasteiger partial charge is 0.354 e. The summed E-state index contributed by atoms with van der Waals surface area (Å²) >= 11 is 0. The summed E-state index contributed by atoms with van der Waals surface area (Å²) < 4.78 is 37.0. The summed E-state index contributed by atoms with van der Waals surface area (Å²) in [6.45, 7) is -0.859. The lowest BCUT2D eigenvalue weighted by Gasteiger charge is -2.23. The van der Waals surface area contributed by atoms with Gasteiger partial charge in [0.05, 0.1) is 12.5 Å². The fourth-order valence-electron chi connectivity index (χ4n) is 2.56. The van der Waals surface area contributed by atoms with Gasteiger partial charge in [-0.3, -0.25) is 14.4 Å². The molecule has 2 heterocycles. The first-order valence-electron chi connectivity index (χ1n) is 6.66. The van der Waals surface area contributed by atoms with Crippen LogP contribution in [0.4, 0.5) is 13.2 Å². The summed E-state index contributed by atoms with van der Waals surface area (Å²) in [6.07, 6.45) is -4.12. The Morgan fingerprint density at radius 3 is 2.71 bits per heavy atom. The first kappa shape index (κ1) is 15.6. The molecule has 1 N–H and O–H groups in total. The van der Waals surface area contributed by atoms with Crippen molar-refractivity contribution in [1.82, 2.24) is 15.1 Å². The molecule has 0 aromatic rings. The number of hydrogen-bond donors (Lipinski definition) is 1. The zero-order valence-electron chi connectivity index (χ0n) is 11.3. The van der Waals surface area contributed by atoms with Crippen molar-refractivity contribution in [2.75, 3.05) is 32.7 Å². The molecule has 0 spiro atoms. The molecule has 2 aliphatic heterocycles. The number of carbonyl (C=O) groups excluding carboxylic acids is 3. The lowest BCUT2D eigenvalue weighted by atomic mass is 10.1.